The van der Waals surface area contributed by atoms with E-state index in [0.717, 1.165) is 16.9 Å². The molecule has 0 amide bonds. The van der Waals surface area contributed by atoms with Crippen LogP contribution in [-0.2, 0) is 6.42 Å². The van der Waals surface area contributed by atoms with Crippen LogP contribution < -0.4 is 4.74 Å². The van der Waals surface area contributed by atoms with Gasteiger partial charge in [-0.25, -0.2) is 0 Å². The number of hydrogen-bond acceptors (Lipinski definition) is 4. The summed E-state index contributed by atoms with van der Waals surface area (Å²) in [6, 6.07) is 15.1. The van der Waals surface area contributed by atoms with Crippen molar-refractivity contribution in [1.82, 2.24) is 10.1 Å². The maximum atomic E-state index is 6.13. The van der Waals surface area contributed by atoms with E-state index in [9.17, 15) is 0 Å². The van der Waals surface area contributed by atoms with Crippen LogP contribution in [0.2, 0.25) is 5.02 Å². The van der Waals surface area contributed by atoms with Crippen LogP contribution >= 0.6 is 11.6 Å². The minimum atomic E-state index is 0.422. The second-order valence-corrected chi connectivity index (χ2v) is 4.89. The van der Waals surface area contributed by atoms with Gasteiger partial charge in [-0.05, 0) is 18.2 Å². The molecule has 2 aromatic carbocycles. The molecule has 0 saturated carbocycles. The van der Waals surface area contributed by atoms with E-state index in [2.05, 4.69) is 10.1 Å². The lowest BCUT2D eigenvalue weighted by molar-refractivity contribution is 0.408. The van der Waals surface area contributed by atoms with Crippen LogP contribution in [0.25, 0.3) is 11.5 Å². The van der Waals surface area contributed by atoms with Gasteiger partial charge in [0, 0.05) is 12.0 Å². The number of benzene rings is 2. The Balaban J connectivity index is 1.87. The zero-order chi connectivity index (χ0) is 14.7. The highest BCUT2D eigenvalue weighted by molar-refractivity contribution is 6.33. The summed E-state index contributed by atoms with van der Waals surface area (Å²) in [5, 5.41) is 4.59. The lowest BCUT2D eigenvalue weighted by atomic mass is 10.1. The largest absolute Gasteiger partial charge is 0.496 e. The molecule has 1 heterocycles. The molecule has 106 valence electrons. The molecule has 0 fully saturated rings. The monoisotopic (exact) mass is 300 g/mol. The maximum absolute atomic E-state index is 6.13. The first kappa shape index (κ1) is 13.6. The van der Waals surface area contributed by atoms with Crippen LogP contribution in [0.4, 0.5) is 0 Å². The third-order valence-corrected chi connectivity index (χ3v) is 3.44. The van der Waals surface area contributed by atoms with Crippen molar-refractivity contribution in [3.8, 4) is 17.2 Å². The molecule has 4 nitrogen and oxygen atoms in total. The number of halogens is 1. The number of para-hydroxylation sites is 1. The SMILES string of the molecule is COc1ccccc1Cc1noc(-c2ccccc2Cl)n1. The van der Waals surface area contributed by atoms with Crippen molar-refractivity contribution in [1.29, 1.82) is 0 Å². The molecule has 0 N–H and O–H groups in total. The summed E-state index contributed by atoms with van der Waals surface area (Å²) in [5.41, 5.74) is 1.74. The Morgan fingerprint density at radius 3 is 2.67 bits per heavy atom. The molecule has 3 aromatic rings. The quantitative estimate of drug-likeness (QED) is 0.731. The highest BCUT2D eigenvalue weighted by Crippen LogP contribution is 2.27. The maximum Gasteiger partial charge on any atom is 0.259 e. The highest BCUT2D eigenvalue weighted by Gasteiger charge is 2.13. The van der Waals surface area contributed by atoms with Gasteiger partial charge >= 0.3 is 0 Å². The van der Waals surface area contributed by atoms with E-state index in [1.165, 1.54) is 0 Å². The van der Waals surface area contributed by atoms with Gasteiger partial charge in [0.25, 0.3) is 5.89 Å². The molecule has 0 radical (unpaired) electrons. The molecule has 0 spiro atoms. The third-order valence-electron chi connectivity index (χ3n) is 3.11. The predicted molar refractivity (Wildman–Crippen MR) is 80.5 cm³/mol. The first-order valence-corrected chi connectivity index (χ1v) is 6.85. The van der Waals surface area contributed by atoms with Crippen LogP contribution in [0.5, 0.6) is 5.75 Å². The topological polar surface area (TPSA) is 48.2 Å². The summed E-state index contributed by atoms with van der Waals surface area (Å²) in [4.78, 5) is 4.39. The lowest BCUT2D eigenvalue weighted by Gasteiger charge is -2.05. The van der Waals surface area contributed by atoms with Crippen molar-refractivity contribution < 1.29 is 9.26 Å². The van der Waals surface area contributed by atoms with Gasteiger partial charge in [0.15, 0.2) is 5.82 Å². The molecular formula is C16H13ClN2O2. The minimum absolute atomic E-state index is 0.422. The number of nitrogens with zero attached hydrogens (tertiary/aromatic N) is 2. The van der Waals surface area contributed by atoms with Gasteiger partial charge < -0.3 is 9.26 Å². The second kappa shape index (κ2) is 5.97. The summed E-state index contributed by atoms with van der Waals surface area (Å²) in [7, 11) is 1.64. The fourth-order valence-electron chi connectivity index (χ4n) is 2.09. The average Bonchev–Trinajstić information content (AvgIpc) is 2.96. The molecule has 1 aromatic heterocycles. The summed E-state index contributed by atoms with van der Waals surface area (Å²) < 4.78 is 10.6. The van der Waals surface area contributed by atoms with E-state index in [-0.39, 0.29) is 0 Å². The van der Waals surface area contributed by atoms with E-state index in [1.807, 2.05) is 42.5 Å². The summed E-state index contributed by atoms with van der Waals surface area (Å²) in [6.45, 7) is 0. The molecule has 0 bridgehead atoms. The van der Waals surface area contributed by atoms with Crippen LogP contribution in [0, 0.1) is 0 Å². The van der Waals surface area contributed by atoms with E-state index in [1.54, 1.807) is 13.2 Å². The predicted octanol–water partition coefficient (Wildman–Crippen LogP) is 3.99. The molecule has 0 aliphatic rings. The van der Waals surface area contributed by atoms with Gasteiger partial charge in [-0.2, -0.15) is 4.98 Å². The molecule has 21 heavy (non-hydrogen) atoms. The Morgan fingerprint density at radius 2 is 1.86 bits per heavy atom. The Morgan fingerprint density at radius 1 is 1.10 bits per heavy atom. The number of hydrogen-bond donors (Lipinski definition) is 0. The van der Waals surface area contributed by atoms with Crippen molar-refractivity contribution in [2.45, 2.75) is 6.42 Å². The van der Waals surface area contributed by atoms with Crippen molar-refractivity contribution in [2.75, 3.05) is 7.11 Å². The number of methoxy groups -OCH3 is 1. The normalized spacial score (nSPS) is 10.6. The van der Waals surface area contributed by atoms with Gasteiger partial charge in [0.2, 0.25) is 0 Å². The Bertz CT molecular complexity index is 755. The zero-order valence-electron chi connectivity index (χ0n) is 11.4. The first-order chi connectivity index (χ1) is 10.3. The second-order valence-electron chi connectivity index (χ2n) is 4.48. The molecule has 3 rings (SSSR count). The number of ether oxygens (including phenoxy) is 1. The molecule has 0 unspecified atom stereocenters. The standard InChI is InChI=1S/C16H13ClN2O2/c1-20-14-9-5-2-6-11(14)10-15-18-16(21-19-15)12-7-3-4-8-13(12)17/h2-9H,10H2,1H3. The smallest absolute Gasteiger partial charge is 0.259 e. The van der Waals surface area contributed by atoms with Crippen molar-refractivity contribution in [3.05, 3.63) is 64.9 Å². The van der Waals surface area contributed by atoms with Gasteiger partial charge in [-0.15, -0.1) is 0 Å². The number of aromatic nitrogens is 2. The molecule has 5 heteroatoms. The molecular weight excluding hydrogens is 288 g/mol. The van der Waals surface area contributed by atoms with Crippen molar-refractivity contribution in [3.63, 3.8) is 0 Å². The van der Waals surface area contributed by atoms with Crippen molar-refractivity contribution in [2.24, 2.45) is 0 Å². The summed E-state index contributed by atoms with van der Waals surface area (Å²) in [6.07, 6.45) is 0.540. The summed E-state index contributed by atoms with van der Waals surface area (Å²) >= 11 is 6.13. The van der Waals surface area contributed by atoms with Crippen LogP contribution in [0.1, 0.15) is 11.4 Å². The van der Waals surface area contributed by atoms with Crippen LogP contribution in [-0.4, -0.2) is 17.3 Å². The minimum Gasteiger partial charge on any atom is -0.496 e. The third kappa shape index (κ3) is 2.90. The molecule has 0 saturated heterocycles. The van der Waals surface area contributed by atoms with E-state index >= 15 is 0 Å². The van der Waals surface area contributed by atoms with Gasteiger partial charge in [-0.3, -0.25) is 0 Å². The summed E-state index contributed by atoms with van der Waals surface area (Å²) in [5.74, 6) is 1.82. The molecule has 0 aliphatic heterocycles. The van der Waals surface area contributed by atoms with E-state index < -0.39 is 0 Å². The van der Waals surface area contributed by atoms with E-state index in [4.69, 9.17) is 20.9 Å². The fraction of sp³-hybridized carbons (Fsp3) is 0.125. The highest BCUT2D eigenvalue weighted by atomic mass is 35.5. The van der Waals surface area contributed by atoms with E-state index in [0.29, 0.717) is 23.2 Å². The Labute approximate surface area is 127 Å². The Hall–Kier alpha value is -2.33. The molecule has 0 aliphatic carbocycles. The zero-order valence-corrected chi connectivity index (χ0v) is 12.2. The van der Waals surface area contributed by atoms with Gasteiger partial charge in [-0.1, -0.05) is 47.1 Å². The number of rotatable bonds is 4. The van der Waals surface area contributed by atoms with Crippen molar-refractivity contribution >= 4 is 11.6 Å². The fourth-order valence-corrected chi connectivity index (χ4v) is 2.31. The first-order valence-electron chi connectivity index (χ1n) is 6.47. The lowest BCUT2D eigenvalue weighted by Crippen LogP contribution is -1.95. The van der Waals surface area contributed by atoms with Crippen LogP contribution in [0.15, 0.2) is 53.1 Å². The van der Waals surface area contributed by atoms with Crippen LogP contribution in [0.3, 0.4) is 0 Å². The Kier molecular flexibility index (Phi) is 3.88. The van der Waals surface area contributed by atoms with Gasteiger partial charge in [0.05, 0.1) is 17.7 Å². The average molecular weight is 301 g/mol. The molecule has 0 atom stereocenters. The van der Waals surface area contributed by atoms with Gasteiger partial charge in [0.1, 0.15) is 5.75 Å².